The highest BCUT2D eigenvalue weighted by molar-refractivity contribution is 7.92. The van der Waals surface area contributed by atoms with Crippen molar-refractivity contribution in [2.75, 3.05) is 11.8 Å². The molecule has 3 aromatic rings. The van der Waals surface area contributed by atoms with Crippen LogP contribution in [0.4, 0.5) is 5.69 Å². The minimum atomic E-state index is -3.85. The van der Waals surface area contributed by atoms with E-state index in [2.05, 4.69) is 9.71 Å². The Hall–Kier alpha value is -2.80. The number of H-pyrrole nitrogens is 1. The molecule has 0 aliphatic carbocycles. The molecule has 26 heavy (non-hydrogen) atoms. The van der Waals surface area contributed by atoms with Gasteiger partial charge in [-0.25, -0.2) is 8.42 Å². The maximum absolute atomic E-state index is 12.8. The van der Waals surface area contributed by atoms with E-state index < -0.39 is 10.0 Å². The molecule has 1 aromatic heterocycles. The zero-order chi connectivity index (χ0) is 19.1. The number of hydrogen-bond donors (Lipinski definition) is 2. The van der Waals surface area contributed by atoms with Crippen LogP contribution >= 0.6 is 0 Å². The number of anilines is 1. The predicted molar refractivity (Wildman–Crippen MR) is 103 cm³/mol. The Morgan fingerprint density at radius 3 is 2.35 bits per heavy atom. The minimum Gasteiger partial charge on any atom is -0.495 e. The number of nitrogens with one attached hydrogen (secondary N) is 2. The van der Waals surface area contributed by atoms with Crippen molar-refractivity contribution in [1.29, 1.82) is 0 Å². The molecule has 6 nitrogen and oxygen atoms in total. The standard InChI is InChI=1S/C19H20N2O4S/c1-11-8-17(25-4)18(9-12(11)2)26(23,24)21-15-6-5-14-7-13(3)19(22)20-16(14)10-15/h5-10,21H,1-4H3,(H,20,22). The first-order chi connectivity index (χ1) is 12.2. The molecule has 0 atom stereocenters. The molecule has 0 aliphatic rings. The van der Waals surface area contributed by atoms with Crippen molar-refractivity contribution in [3.8, 4) is 5.75 Å². The predicted octanol–water partition coefficient (Wildman–Crippen LogP) is 3.26. The van der Waals surface area contributed by atoms with Gasteiger partial charge in [0.05, 0.1) is 18.3 Å². The summed E-state index contributed by atoms with van der Waals surface area (Å²) in [7, 11) is -2.41. The minimum absolute atomic E-state index is 0.0700. The van der Waals surface area contributed by atoms with E-state index in [9.17, 15) is 13.2 Å². The van der Waals surface area contributed by atoms with Crippen LogP contribution in [0.2, 0.25) is 0 Å². The molecule has 3 rings (SSSR count). The fourth-order valence-electron chi connectivity index (χ4n) is 2.72. The molecule has 0 fully saturated rings. The summed E-state index contributed by atoms with van der Waals surface area (Å²) in [4.78, 5) is 14.6. The molecule has 0 amide bonds. The van der Waals surface area contributed by atoms with E-state index in [1.807, 2.05) is 13.8 Å². The second-order valence-electron chi connectivity index (χ2n) is 6.28. The van der Waals surface area contributed by atoms with Crippen molar-refractivity contribution in [3.05, 3.63) is 63.4 Å². The summed E-state index contributed by atoms with van der Waals surface area (Å²) in [5.74, 6) is 0.283. The zero-order valence-electron chi connectivity index (χ0n) is 15.0. The van der Waals surface area contributed by atoms with Gasteiger partial charge < -0.3 is 9.72 Å². The van der Waals surface area contributed by atoms with Gasteiger partial charge >= 0.3 is 0 Å². The van der Waals surface area contributed by atoms with Gasteiger partial charge in [-0.05, 0) is 67.6 Å². The molecule has 0 spiro atoms. The van der Waals surface area contributed by atoms with Gasteiger partial charge in [-0.2, -0.15) is 0 Å². The van der Waals surface area contributed by atoms with Gasteiger partial charge in [-0.1, -0.05) is 6.07 Å². The van der Waals surface area contributed by atoms with Crippen LogP contribution in [-0.4, -0.2) is 20.5 Å². The summed E-state index contributed by atoms with van der Waals surface area (Å²) in [5.41, 5.74) is 3.12. The molecule has 0 saturated carbocycles. The molecule has 0 radical (unpaired) electrons. The Bertz CT molecular complexity index is 1160. The molecule has 0 saturated heterocycles. The average molecular weight is 372 g/mol. The number of fused-ring (bicyclic) bond motifs is 1. The van der Waals surface area contributed by atoms with Crippen LogP contribution < -0.4 is 15.0 Å². The Morgan fingerprint density at radius 1 is 0.962 bits per heavy atom. The lowest BCUT2D eigenvalue weighted by atomic mass is 10.1. The number of sulfonamides is 1. The molecule has 0 bridgehead atoms. The monoisotopic (exact) mass is 372 g/mol. The third-order valence-electron chi connectivity index (χ3n) is 4.35. The number of ether oxygens (including phenoxy) is 1. The topological polar surface area (TPSA) is 88.3 Å². The SMILES string of the molecule is COc1cc(C)c(C)cc1S(=O)(=O)Nc1ccc2cc(C)c(=O)[nH]c2c1. The van der Waals surface area contributed by atoms with Gasteiger partial charge in [0.2, 0.25) is 0 Å². The fraction of sp³-hybridized carbons (Fsp3) is 0.211. The Kier molecular flexibility index (Phi) is 4.50. The number of pyridine rings is 1. The highest BCUT2D eigenvalue weighted by Gasteiger charge is 2.21. The summed E-state index contributed by atoms with van der Waals surface area (Å²) in [6, 6.07) is 10.1. The Balaban J connectivity index is 2.05. The first-order valence-electron chi connectivity index (χ1n) is 8.03. The van der Waals surface area contributed by atoms with Crippen molar-refractivity contribution in [2.45, 2.75) is 25.7 Å². The van der Waals surface area contributed by atoms with E-state index in [1.54, 1.807) is 43.3 Å². The number of aryl methyl sites for hydroxylation is 3. The van der Waals surface area contributed by atoms with Crippen molar-refractivity contribution in [2.24, 2.45) is 0 Å². The molecule has 2 N–H and O–H groups in total. The lowest BCUT2D eigenvalue weighted by molar-refractivity contribution is 0.402. The molecular formula is C19H20N2O4S. The van der Waals surface area contributed by atoms with E-state index in [0.717, 1.165) is 16.5 Å². The molecule has 0 aliphatic heterocycles. The number of benzene rings is 2. The smallest absolute Gasteiger partial charge is 0.265 e. The van der Waals surface area contributed by atoms with Crippen molar-refractivity contribution < 1.29 is 13.2 Å². The van der Waals surface area contributed by atoms with Gasteiger partial charge in [-0.15, -0.1) is 0 Å². The second-order valence-corrected chi connectivity index (χ2v) is 7.93. The van der Waals surface area contributed by atoms with Gasteiger partial charge in [0.1, 0.15) is 10.6 Å². The quantitative estimate of drug-likeness (QED) is 0.736. The number of methoxy groups -OCH3 is 1. The average Bonchev–Trinajstić information content (AvgIpc) is 2.57. The van der Waals surface area contributed by atoms with Crippen LogP contribution in [0.1, 0.15) is 16.7 Å². The van der Waals surface area contributed by atoms with E-state index in [1.165, 1.54) is 7.11 Å². The van der Waals surface area contributed by atoms with E-state index in [-0.39, 0.29) is 16.2 Å². The maximum Gasteiger partial charge on any atom is 0.265 e. The third kappa shape index (κ3) is 3.30. The van der Waals surface area contributed by atoms with E-state index in [4.69, 9.17) is 4.74 Å². The number of hydrogen-bond acceptors (Lipinski definition) is 4. The largest absolute Gasteiger partial charge is 0.495 e. The van der Waals surface area contributed by atoms with Crippen LogP contribution in [0.15, 0.2) is 46.1 Å². The van der Waals surface area contributed by atoms with Gasteiger partial charge in [-0.3, -0.25) is 9.52 Å². The van der Waals surface area contributed by atoms with Crippen LogP contribution in [0.25, 0.3) is 10.9 Å². The van der Waals surface area contributed by atoms with E-state index >= 15 is 0 Å². The number of rotatable bonds is 4. The number of aromatic nitrogens is 1. The highest BCUT2D eigenvalue weighted by atomic mass is 32.2. The summed E-state index contributed by atoms with van der Waals surface area (Å²) in [6.07, 6.45) is 0. The second kappa shape index (κ2) is 6.49. The Morgan fingerprint density at radius 2 is 1.65 bits per heavy atom. The van der Waals surface area contributed by atoms with Crippen LogP contribution in [0.3, 0.4) is 0 Å². The van der Waals surface area contributed by atoms with Gasteiger partial charge in [0, 0.05) is 5.56 Å². The van der Waals surface area contributed by atoms with Crippen LogP contribution in [-0.2, 0) is 10.0 Å². The fourth-order valence-corrected chi connectivity index (χ4v) is 4.00. The van der Waals surface area contributed by atoms with Crippen LogP contribution in [0.5, 0.6) is 5.75 Å². The van der Waals surface area contributed by atoms with Gasteiger partial charge in [0.25, 0.3) is 15.6 Å². The summed E-state index contributed by atoms with van der Waals surface area (Å²) in [5, 5.41) is 0.828. The Labute approximate surface area is 151 Å². The summed E-state index contributed by atoms with van der Waals surface area (Å²) >= 11 is 0. The highest BCUT2D eigenvalue weighted by Crippen LogP contribution is 2.29. The zero-order valence-corrected chi connectivity index (χ0v) is 15.8. The van der Waals surface area contributed by atoms with Crippen molar-refractivity contribution in [1.82, 2.24) is 4.98 Å². The molecule has 0 unspecified atom stereocenters. The summed E-state index contributed by atoms with van der Waals surface area (Å²) in [6.45, 7) is 5.46. The van der Waals surface area contributed by atoms with Crippen LogP contribution in [0, 0.1) is 20.8 Å². The lowest BCUT2D eigenvalue weighted by Crippen LogP contribution is -2.15. The lowest BCUT2D eigenvalue weighted by Gasteiger charge is -2.14. The molecular weight excluding hydrogens is 352 g/mol. The van der Waals surface area contributed by atoms with E-state index in [0.29, 0.717) is 16.8 Å². The molecule has 2 aromatic carbocycles. The first kappa shape index (κ1) is 18.0. The third-order valence-corrected chi connectivity index (χ3v) is 5.76. The first-order valence-corrected chi connectivity index (χ1v) is 9.51. The van der Waals surface area contributed by atoms with Gasteiger partial charge in [0.15, 0.2) is 0 Å². The molecule has 1 heterocycles. The normalized spacial score (nSPS) is 11.5. The van der Waals surface area contributed by atoms with Crippen molar-refractivity contribution in [3.63, 3.8) is 0 Å². The van der Waals surface area contributed by atoms with Crippen molar-refractivity contribution >= 4 is 26.6 Å². The number of aromatic amines is 1. The molecule has 136 valence electrons. The summed E-state index contributed by atoms with van der Waals surface area (Å²) < 4.78 is 33.5. The maximum atomic E-state index is 12.8. The molecule has 7 heteroatoms.